The van der Waals surface area contributed by atoms with Crippen molar-refractivity contribution in [3.8, 4) is 0 Å². The number of nitrogens with one attached hydrogen (secondary N) is 1. The number of aryl methyl sites for hydroxylation is 2. The summed E-state index contributed by atoms with van der Waals surface area (Å²) in [5.41, 5.74) is 1.80. The van der Waals surface area contributed by atoms with E-state index in [1.54, 1.807) is 4.57 Å². The van der Waals surface area contributed by atoms with Gasteiger partial charge in [-0.05, 0) is 31.4 Å². The highest BCUT2D eigenvalue weighted by Crippen LogP contribution is 2.28. The molecule has 1 amide bonds. The van der Waals surface area contributed by atoms with Gasteiger partial charge in [-0.25, -0.2) is 13.4 Å². The fourth-order valence-corrected chi connectivity index (χ4v) is 7.19. The van der Waals surface area contributed by atoms with Gasteiger partial charge in [-0.3, -0.25) is 14.2 Å². The van der Waals surface area contributed by atoms with Crippen molar-refractivity contribution in [3.05, 3.63) is 56.7 Å². The lowest BCUT2D eigenvalue weighted by Gasteiger charge is -2.14. The molecule has 164 valence electrons. The van der Waals surface area contributed by atoms with Gasteiger partial charge in [0.1, 0.15) is 4.83 Å². The molecule has 0 spiro atoms. The molecule has 7 nitrogen and oxygen atoms in total. The summed E-state index contributed by atoms with van der Waals surface area (Å²) in [6, 6.07) is 9.31. The summed E-state index contributed by atoms with van der Waals surface area (Å²) in [6.07, 6.45) is 0.440. The van der Waals surface area contributed by atoms with E-state index in [0.29, 0.717) is 28.3 Å². The van der Waals surface area contributed by atoms with Crippen molar-refractivity contribution < 1.29 is 13.2 Å². The van der Waals surface area contributed by atoms with E-state index < -0.39 is 9.84 Å². The van der Waals surface area contributed by atoms with Crippen molar-refractivity contribution in [2.24, 2.45) is 0 Å². The first-order valence-corrected chi connectivity index (χ1v) is 13.5. The number of carbonyl (C=O) groups is 1. The van der Waals surface area contributed by atoms with Gasteiger partial charge >= 0.3 is 0 Å². The molecule has 3 aromatic rings. The highest BCUT2D eigenvalue weighted by molar-refractivity contribution is 7.99. The third-order valence-electron chi connectivity index (χ3n) is 5.37. The highest BCUT2D eigenvalue weighted by atomic mass is 32.2. The van der Waals surface area contributed by atoms with Gasteiger partial charge in [0, 0.05) is 10.9 Å². The Bertz CT molecular complexity index is 1300. The predicted octanol–water partition coefficient (Wildman–Crippen LogP) is 2.52. The van der Waals surface area contributed by atoms with Crippen molar-refractivity contribution in [2.75, 3.05) is 17.3 Å². The normalized spacial score (nSPS) is 17.8. The van der Waals surface area contributed by atoms with Crippen molar-refractivity contribution >= 4 is 49.1 Å². The predicted molar refractivity (Wildman–Crippen MR) is 125 cm³/mol. The molecule has 10 heteroatoms. The summed E-state index contributed by atoms with van der Waals surface area (Å²) in [5, 5.41) is 3.90. The highest BCUT2D eigenvalue weighted by Gasteiger charge is 2.29. The maximum atomic E-state index is 13.3. The first-order chi connectivity index (χ1) is 14.7. The molecule has 1 unspecified atom stereocenters. The largest absolute Gasteiger partial charge is 0.352 e. The van der Waals surface area contributed by atoms with Crippen molar-refractivity contribution in [3.63, 3.8) is 0 Å². The number of amides is 1. The van der Waals surface area contributed by atoms with E-state index in [-0.39, 0.29) is 34.8 Å². The SMILES string of the molecule is Cc1sc2nc(SCC(=O)NC3CCS(=O)(=O)C3)n(Cc3ccccc3)c(=O)c2c1C. The van der Waals surface area contributed by atoms with E-state index >= 15 is 0 Å². The number of fused-ring (bicyclic) bond motifs is 1. The van der Waals surface area contributed by atoms with Crippen LogP contribution >= 0.6 is 23.1 Å². The van der Waals surface area contributed by atoms with Crippen LogP contribution in [0.25, 0.3) is 10.2 Å². The van der Waals surface area contributed by atoms with Crippen LogP contribution in [0.1, 0.15) is 22.4 Å². The minimum absolute atomic E-state index is 0.0138. The van der Waals surface area contributed by atoms with Gasteiger partial charge in [0.25, 0.3) is 5.56 Å². The molecule has 0 saturated carbocycles. The average molecular weight is 478 g/mol. The number of hydrogen-bond acceptors (Lipinski definition) is 7. The molecule has 0 bridgehead atoms. The first kappa shape index (κ1) is 22.0. The maximum absolute atomic E-state index is 13.3. The number of carbonyl (C=O) groups excluding carboxylic acids is 1. The number of benzene rings is 1. The Morgan fingerprint density at radius 2 is 2.03 bits per heavy atom. The van der Waals surface area contributed by atoms with Crippen LogP contribution in [-0.4, -0.2) is 47.2 Å². The van der Waals surface area contributed by atoms with E-state index in [4.69, 9.17) is 4.98 Å². The van der Waals surface area contributed by atoms with Crippen LogP contribution < -0.4 is 10.9 Å². The van der Waals surface area contributed by atoms with E-state index in [9.17, 15) is 18.0 Å². The van der Waals surface area contributed by atoms with Crippen LogP contribution in [-0.2, 0) is 21.2 Å². The van der Waals surface area contributed by atoms with Gasteiger partial charge in [0.15, 0.2) is 15.0 Å². The van der Waals surface area contributed by atoms with Crippen molar-refractivity contribution in [1.29, 1.82) is 0 Å². The molecule has 1 aliphatic rings. The number of thioether (sulfide) groups is 1. The summed E-state index contributed by atoms with van der Waals surface area (Å²) in [5.74, 6) is -0.102. The smallest absolute Gasteiger partial charge is 0.263 e. The zero-order chi connectivity index (χ0) is 22.2. The van der Waals surface area contributed by atoms with Crippen molar-refractivity contribution in [2.45, 2.75) is 38.0 Å². The Morgan fingerprint density at radius 1 is 1.29 bits per heavy atom. The number of rotatable bonds is 6. The Hall–Kier alpha value is -2.17. The molecule has 1 aromatic carbocycles. The quantitative estimate of drug-likeness (QED) is 0.433. The second-order valence-corrected chi connectivity index (χ2v) is 12.1. The topological polar surface area (TPSA) is 98.1 Å². The maximum Gasteiger partial charge on any atom is 0.263 e. The van der Waals surface area contributed by atoms with E-state index in [1.807, 2.05) is 44.2 Å². The van der Waals surface area contributed by atoms with Crippen LogP contribution in [0.15, 0.2) is 40.3 Å². The fraction of sp³-hybridized carbons (Fsp3) is 0.381. The molecule has 1 N–H and O–H groups in total. The third-order valence-corrected chi connectivity index (χ3v) is 9.21. The molecule has 31 heavy (non-hydrogen) atoms. The number of hydrogen-bond donors (Lipinski definition) is 1. The van der Waals surface area contributed by atoms with Gasteiger partial charge in [0.2, 0.25) is 5.91 Å². The number of aromatic nitrogens is 2. The van der Waals surface area contributed by atoms with Gasteiger partial charge in [-0.1, -0.05) is 42.1 Å². The zero-order valence-electron chi connectivity index (χ0n) is 17.3. The Balaban J connectivity index is 1.60. The van der Waals surface area contributed by atoms with Gasteiger partial charge in [-0.15, -0.1) is 11.3 Å². The lowest BCUT2D eigenvalue weighted by atomic mass is 10.2. The standard InChI is InChI=1S/C21H23N3O4S3/c1-13-14(2)30-19-18(13)20(26)24(10-15-6-4-3-5-7-15)21(23-19)29-11-17(25)22-16-8-9-31(27,28)12-16/h3-7,16H,8-12H2,1-2H3,(H,22,25). The van der Waals surface area contributed by atoms with Gasteiger partial charge in [-0.2, -0.15) is 0 Å². The van der Waals surface area contributed by atoms with Crippen LogP contribution in [0.3, 0.4) is 0 Å². The summed E-state index contributed by atoms with van der Waals surface area (Å²) >= 11 is 2.68. The Morgan fingerprint density at radius 3 is 2.71 bits per heavy atom. The molecule has 1 saturated heterocycles. The molecule has 1 aliphatic heterocycles. The molecule has 0 radical (unpaired) electrons. The monoisotopic (exact) mass is 477 g/mol. The molecular formula is C21H23N3O4S3. The molecule has 0 aliphatic carbocycles. The number of thiophene rings is 1. The summed E-state index contributed by atoms with van der Waals surface area (Å²) in [6.45, 7) is 4.26. The van der Waals surface area contributed by atoms with Crippen LogP contribution in [0.2, 0.25) is 0 Å². The second-order valence-electron chi connectivity index (χ2n) is 7.69. The van der Waals surface area contributed by atoms with E-state index in [2.05, 4.69) is 5.32 Å². The van der Waals surface area contributed by atoms with E-state index in [0.717, 1.165) is 16.0 Å². The average Bonchev–Trinajstić information content (AvgIpc) is 3.21. The van der Waals surface area contributed by atoms with E-state index in [1.165, 1.54) is 23.1 Å². The lowest BCUT2D eigenvalue weighted by molar-refractivity contribution is -0.119. The minimum Gasteiger partial charge on any atom is -0.352 e. The zero-order valence-corrected chi connectivity index (χ0v) is 19.7. The van der Waals surface area contributed by atoms with Crippen LogP contribution in [0.4, 0.5) is 0 Å². The minimum atomic E-state index is -3.06. The summed E-state index contributed by atoms with van der Waals surface area (Å²) in [7, 11) is -3.06. The fourth-order valence-electron chi connectivity index (χ4n) is 3.63. The van der Waals surface area contributed by atoms with Crippen LogP contribution in [0, 0.1) is 13.8 Å². The Labute approximate surface area is 188 Å². The van der Waals surface area contributed by atoms with Crippen LogP contribution in [0.5, 0.6) is 0 Å². The summed E-state index contributed by atoms with van der Waals surface area (Å²) in [4.78, 5) is 32.2. The molecule has 2 aromatic heterocycles. The molecule has 1 atom stereocenters. The van der Waals surface area contributed by atoms with Crippen molar-refractivity contribution in [1.82, 2.24) is 14.9 Å². The molecule has 1 fully saturated rings. The van der Waals surface area contributed by atoms with Gasteiger partial charge in [0.05, 0.1) is 29.2 Å². The molecule has 3 heterocycles. The summed E-state index contributed by atoms with van der Waals surface area (Å²) < 4.78 is 24.8. The lowest BCUT2D eigenvalue weighted by Crippen LogP contribution is -2.36. The molecular weight excluding hydrogens is 454 g/mol. The molecule has 4 rings (SSSR count). The number of nitrogens with zero attached hydrogens (tertiary/aromatic N) is 2. The second kappa shape index (κ2) is 8.76. The Kier molecular flexibility index (Phi) is 6.23. The first-order valence-electron chi connectivity index (χ1n) is 9.90. The van der Waals surface area contributed by atoms with Gasteiger partial charge < -0.3 is 5.32 Å². The number of sulfone groups is 1. The third kappa shape index (κ3) is 4.86.